The lowest BCUT2D eigenvalue weighted by Crippen LogP contribution is -2.54. The highest BCUT2D eigenvalue weighted by molar-refractivity contribution is 5.96. The maximum Gasteiger partial charge on any atom is 0.238 e. The van der Waals surface area contributed by atoms with Crippen molar-refractivity contribution in [1.82, 2.24) is 15.1 Å². The van der Waals surface area contributed by atoms with Crippen LogP contribution >= 0.6 is 0 Å². The van der Waals surface area contributed by atoms with Crippen molar-refractivity contribution in [3.8, 4) is 0 Å². The highest BCUT2D eigenvalue weighted by Gasteiger charge is 2.51. The Bertz CT molecular complexity index is 904. The van der Waals surface area contributed by atoms with Crippen molar-refractivity contribution in [3.63, 3.8) is 0 Å². The van der Waals surface area contributed by atoms with Crippen molar-refractivity contribution >= 4 is 11.8 Å². The largest absolute Gasteiger partial charge is 0.359 e. The van der Waals surface area contributed by atoms with Gasteiger partial charge in [-0.15, -0.1) is 0 Å². The van der Waals surface area contributed by atoms with Crippen LogP contribution in [0.3, 0.4) is 0 Å². The summed E-state index contributed by atoms with van der Waals surface area (Å²) in [6, 6.07) is 0.112. The minimum atomic E-state index is -0.874. The van der Waals surface area contributed by atoms with Crippen LogP contribution in [0.25, 0.3) is 0 Å². The summed E-state index contributed by atoms with van der Waals surface area (Å²) in [7, 11) is 1.61. The Morgan fingerprint density at radius 3 is 2.38 bits per heavy atom. The van der Waals surface area contributed by atoms with Crippen LogP contribution in [-0.4, -0.2) is 53.3 Å². The second-order valence-corrected chi connectivity index (χ2v) is 9.75. The minimum absolute atomic E-state index is 0.0112. The number of amides is 2. The Morgan fingerprint density at radius 2 is 1.84 bits per heavy atom. The van der Waals surface area contributed by atoms with E-state index < -0.39 is 5.41 Å². The van der Waals surface area contributed by atoms with E-state index in [9.17, 15) is 9.59 Å². The second kappa shape index (κ2) is 9.22. The monoisotopic (exact) mass is 437 g/mol. The molecule has 0 aromatic heterocycles. The summed E-state index contributed by atoms with van der Waals surface area (Å²) in [6.45, 7) is 18.3. The van der Waals surface area contributed by atoms with Gasteiger partial charge in [-0.3, -0.25) is 14.5 Å². The molecule has 1 saturated heterocycles. The average Bonchev–Trinajstić information content (AvgIpc) is 3.19. The highest BCUT2D eigenvalue weighted by atomic mass is 16.2. The Labute approximate surface area is 193 Å². The van der Waals surface area contributed by atoms with Crippen LogP contribution < -0.4 is 5.32 Å². The number of hydrogen-bond donors (Lipinski definition) is 1. The van der Waals surface area contributed by atoms with Crippen molar-refractivity contribution in [1.29, 1.82) is 0 Å². The van der Waals surface area contributed by atoms with Gasteiger partial charge >= 0.3 is 0 Å². The summed E-state index contributed by atoms with van der Waals surface area (Å²) in [5.74, 6) is -0.117. The van der Waals surface area contributed by atoms with Crippen molar-refractivity contribution < 1.29 is 9.59 Å². The molecule has 1 N–H and O–H groups in total. The summed E-state index contributed by atoms with van der Waals surface area (Å²) in [6.07, 6.45) is 11.9. The molecular weight excluding hydrogens is 398 g/mol. The number of piperidine rings is 1. The van der Waals surface area contributed by atoms with E-state index >= 15 is 0 Å². The van der Waals surface area contributed by atoms with E-state index in [1.165, 1.54) is 11.1 Å². The molecular formula is C27H39N3O2. The fraction of sp³-hybridized carbons (Fsp3) is 0.556. The van der Waals surface area contributed by atoms with Crippen LogP contribution in [0.15, 0.2) is 59.9 Å². The number of allylic oxidation sites excluding steroid dienone is 4. The van der Waals surface area contributed by atoms with Gasteiger partial charge in [-0.05, 0) is 70.6 Å². The van der Waals surface area contributed by atoms with E-state index in [-0.39, 0.29) is 29.8 Å². The predicted octanol–water partition coefficient (Wildman–Crippen LogP) is 4.51. The first-order valence-electron chi connectivity index (χ1n) is 11.8. The molecule has 0 bridgehead atoms. The van der Waals surface area contributed by atoms with E-state index in [0.29, 0.717) is 0 Å². The predicted molar refractivity (Wildman–Crippen MR) is 131 cm³/mol. The SMILES string of the molecule is C=CC1=C(/C=C\C)C(C)(CC(=O)NC)C(=O)N1C1CCN(C2(C)CCC(C)=C2C=C)CC1. The number of nitrogens with zero attached hydrogens (tertiary/aromatic N) is 2. The van der Waals surface area contributed by atoms with Gasteiger partial charge in [-0.1, -0.05) is 37.0 Å². The average molecular weight is 438 g/mol. The number of nitrogens with one attached hydrogen (secondary N) is 1. The zero-order valence-electron chi connectivity index (χ0n) is 20.5. The van der Waals surface area contributed by atoms with Gasteiger partial charge in [0.2, 0.25) is 11.8 Å². The van der Waals surface area contributed by atoms with E-state index in [1.54, 1.807) is 13.1 Å². The Balaban J connectivity index is 1.86. The molecule has 2 amide bonds. The Kier molecular flexibility index (Phi) is 6.99. The van der Waals surface area contributed by atoms with Crippen LogP contribution in [0.5, 0.6) is 0 Å². The van der Waals surface area contributed by atoms with Crippen LogP contribution in [0, 0.1) is 5.41 Å². The van der Waals surface area contributed by atoms with Gasteiger partial charge in [0.1, 0.15) is 0 Å². The van der Waals surface area contributed by atoms with Crippen molar-refractivity contribution in [2.45, 2.75) is 71.4 Å². The lowest BCUT2D eigenvalue weighted by Gasteiger charge is -2.46. The molecule has 174 valence electrons. The van der Waals surface area contributed by atoms with Gasteiger partial charge in [0, 0.05) is 43.8 Å². The molecule has 32 heavy (non-hydrogen) atoms. The van der Waals surface area contributed by atoms with Crippen molar-refractivity contribution in [3.05, 3.63) is 59.9 Å². The van der Waals surface area contributed by atoms with Crippen LogP contribution in [0.1, 0.15) is 59.8 Å². The molecule has 1 fully saturated rings. The molecule has 2 aliphatic heterocycles. The number of carbonyl (C=O) groups is 2. The molecule has 1 aliphatic carbocycles. The van der Waals surface area contributed by atoms with E-state index in [0.717, 1.165) is 50.0 Å². The number of likely N-dealkylation sites (tertiary alicyclic amines) is 1. The first kappa shape index (κ1) is 24.2. The molecule has 2 unspecified atom stereocenters. The van der Waals surface area contributed by atoms with Gasteiger partial charge in [0.25, 0.3) is 0 Å². The van der Waals surface area contributed by atoms with E-state index in [2.05, 4.69) is 37.2 Å². The fourth-order valence-corrected chi connectivity index (χ4v) is 5.99. The maximum atomic E-state index is 13.8. The maximum absolute atomic E-state index is 13.8. The molecule has 2 atom stereocenters. The van der Waals surface area contributed by atoms with Crippen molar-refractivity contribution in [2.24, 2.45) is 5.41 Å². The molecule has 3 rings (SSSR count). The Morgan fingerprint density at radius 1 is 1.19 bits per heavy atom. The molecule has 3 aliphatic rings. The lowest BCUT2D eigenvalue weighted by atomic mass is 9.79. The first-order valence-corrected chi connectivity index (χ1v) is 11.8. The Hall–Kier alpha value is -2.40. The number of carbonyl (C=O) groups excluding carboxylic acids is 2. The third kappa shape index (κ3) is 3.81. The minimum Gasteiger partial charge on any atom is -0.359 e. The van der Waals surface area contributed by atoms with Crippen LogP contribution in [0.4, 0.5) is 0 Å². The third-order valence-electron chi connectivity index (χ3n) is 7.90. The highest BCUT2D eigenvalue weighted by Crippen LogP contribution is 2.47. The quantitative estimate of drug-likeness (QED) is 0.638. The van der Waals surface area contributed by atoms with Crippen LogP contribution in [-0.2, 0) is 9.59 Å². The molecule has 0 radical (unpaired) electrons. The summed E-state index contributed by atoms with van der Waals surface area (Å²) in [5, 5.41) is 2.68. The normalized spacial score (nSPS) is 30.0. The molecule has 5 heteroatoms. The zero-order valence-corrected chi connectivity index (χ0v) is 20.5. The van der Waals surface area contributed by atoms with Gasteiger partial charge in [0.15, 0.2) is 0 Å². The molecule has 5 nitrogen and oxygen atoms in total. The van der Waals surface area contributed by atoms with E-state index in [1.807, 2.05) is 37.0 Å². The molecule has 2 heterocycles. The van der Waals surface area contributed by atoms with Gasteiger partial charge in [0.05, 0.1) is 5.41 Å². The molecule has 0 saturated carbocycles. The smallest absolute Gasteiger partial charge is 0.238 e. The van der Waals surface area contributed by atoms with Gasteiger partial charge < -0.3 is 10.2 Å². The van der Waals surface area contributed by atoms with Gasteiger partial charge in [-0.2, -0.15) is 0 Å². The zero-order chi connectivity index (χ0) is 23.7. The summed E-state index contributed by atoms with van der Waals surface area (Å²) >= 11 is 0. The lowest BCUT2D eigenvalue weighted by molar-refractivity contribution is -0.140. The summed E-state index contributed by atoms with van der Waals surface area (Å²) < 4.78 is 0. The second-order valence-electron chi connectivity index (χ2n) is 9.75. The molecule has 0 aromatic carbocycles. The third-order valence-corrected chi connectivity index (χ3v) is 7.90. The fourth-order valence-electron chi connectivity index (χ4n) is 5.99. The number of hydrogen-bond acceptors (Lipinski definition) is 3. The topological polar surface area (TPSA) is 52.7 Å². The molecule has 0 spiro atoms. The van der Waals surface area contributed by atoms with Gasteiger partial charge in [-0.25, -0.2) is 0 Å². The summed E-state index contributed by atoms with van der Waals surface area (Å²) in [4.78, 5) is 30.6. The molecule has 0 aromatic rings. The van der Waals surface area contributed by atoms with E-state index in [4.69, 9.17) is 0 Å². The van der Waals surface area contributed by atoms with Crippen LogP contribution in [0.2, 0.25) is 0 Å². The number of rotatable bonds is 7. The first-order chi connectivity index (χ1) is 15.2. The summed E-state index contributed by atoms with van der Waals surface area (Å²) in [5.41, 5.74) is 3.72. The standard InChI is InChI=1S/C27H39N3O2/c1-8-11-22-23(10-3)30(25(32)26(22,5)18-24(31)28-7)20-13-16-29(17-14-20)27(6)15-12-19(4)21(27)9-2/h8-11,20H,2-3,12-18H2,1,4-7H3,(H,28,31)/b11-8-. The van der Waals surface area contributed by atoms with Crippen molar-refractivity contribution in [2.75, 3.05) is 20.1 Å².